The van der Waals surface area contributed by atoms with E-state index in [1.807, 2.05) is 26.0 Å². The minimum atomic E-state index is 0.211. The number of aromatic nitrogens is 2. The Morgan fingerprint density at radius 1 is 1.32 bits per heavy atom. The molecule has 0 saturated heterocycles. The van der Waals surface area contributed by atoms with Crippen LogP contribution in [-0.4, -0.2) is 9.97 Å². The van der Waals surface area contributed by atoms with Crippen molar-refractivity contribution >= 4 is 17.3 Å². The molecule has 1 aromatic heterocycles. The number of nitrogen functional groups attached to an aromatic ring is 1. The molecule has 0 saturated carbocycles. The van der Waals surface area contributed by atoms with Gasteiger partial charge in [0.15, 0.2) is 0 Å². The van der Waals surface area contributed by atoms with Crippen LogP contribution in [-0.2, 0) is 0 Å². The molecule has 5 heteroatoms. The highest BCUT2D eigenvalue weighted by Crippen LogP contribution is 2.28. The number of hydrogen-bond donors (Lipinski definition) is 2. The third kappa shape index (κ3) is 2.80. The number of benzene rings is 1. The van der Waals surface area contributed by atoms with Gasteiger partial charge in [0.05, 0.1) is 11.6 Å². The maximum atomic E-state index is 8.89. The maximum Gasteiger partial charge on any atom is 0.139 e. The lowest BCUT2D eigenvalue weighted by atomic mass is 10.0. The van der Waals surface area contributed by atoms with Crippen LogP contribution in [0.4, 0.5) is 17.3 Å². The minimum Gasteiger partial charge on any atom is -0.383 e. The van der Waals surface area contributed by atoms with Crippen LogP contribution >= 0.6 is 0 Å². The molecule has 2 rings (SSSR count). The highest BCUT2D eigenvalue weighted by Gasteiger charge is 2.13. The van der Waals surface area contributed by atoms with E-state index < -0.39 is 0 Å². The van der Waals surface area contributed by atoms with Crippen molar-refractivity contribution in [3.05, 3.63) is 41.7 Å². The van der Waals surface area contributed by atoms with Crippen molar-refractivity contribution in [3.8, 4) is 6.07 Å². The Hall–Kier alpha value is -2.61. The van der Waals surface area contributed by atoms with Crippen molar-refractivity contribution in [2.45, 2.75) is 19.8 Å². The smallest absolute Gasteiger partial charge is 0.139 e. The Morgan fingerprint density at radius 3 is 2.79 bits per heavy atom. The molecule has 1 aromatic carbocycles. The zero-order valence-corrected chi connectivity index (χ0v) is 10.9. The molecular weight excluding hydrogens is 238 g/mol. The predicted molar refractivity (Wildman–Crippen MR) is 75.0 cm³/mol. The van der Waals surface area contributed by atoms with Crippen LogP contribution in [0.1, 0.15) is 30.9 Å². The van der Waals surface area contributed by atoms with E-state index in [1.54, 1.807) is 12.1 Å². The van der Waals surface area contributed by atoms with Gasteiger partial charge in [-0.25, -0.2) is 9.97 Å². The van der Waals surface area contributed by atoms with E-state index in [2.05, 4.69) is 21.4 Å². The van der Waals surface area contributed by atoms with Crippen LogP contribution in [0.25, 0.3) is 0 Å². The van der Waals surface area contributed by atoms with Crippen LogP contribution in [0.5, 0.6) is 0 Å². The first-order chi connectivity index (χ1) is 9.11. The molecule has 0 radical (unpaired) electrons. The fourth-order valence-corrected chi connectivity index (χ4v) is 1.88. The molecule has 0 aliphatic rings. The Labute approximate surface area is 112 Å². The summed E-state index contributed by atoms with van der Waals surface area (Å²) in [6.07, 6.45) is 1.43. The van der Waals surface area contributed by atoms with Crippen LogP contribution in [0, 0.1) is 11.3 Å². The van der Waals surface area contributed by atoms with Gasteiger partial charge in [-0.05, 0) is 24.1 Å². The van der Waals surface area contributed by atoms with E-state index in [0.29, 0.717) is 17.2 Å². The monoisotopic (exact) mass is 253 g/mol. The third-order valence-electron chi connectivity index (χ3n) is 2.75. The molecule has 19 heavy (non-hydrogen) atoms. The molecule has 2 aromatic rings. The van der Waals surface area contributed by atoms with Crippen LogP contribution in [0.3, 0.4) is 0 Å². The van der Waals surface area contributed by atoms with Crippen molar-refractivity contribution in [3.63, 3.8) is 0 Å². The standard InChI is InChI=1S/C14H15N5/c1-9(2)12-13(16)17-8-18-14(12)19-11-5-3-4-10(6-11)7-15/h3-6,8-9H,1-2H3,(H3,16,17,18,19). The summed E-state index contributed by atoms with van der Waals surface area (Å²) in [4.78, 5) is 8.24. The van der Waals surface area contributed by atoms with Crippen LogP contribution < -0.4 is 11.1 Å². The van der Waals surface area contributed by atoms with Crippen molar-refractivity contribution < 1.29 is 0 Å². The Kier molecular flexibility index (Phi) is 3.62. The fraction of sp³-hybridized carbons (Fsp3) is 0.214. The van der Waals surface area contributed by atoms with Gasteiger partial charge in [-0.3, -0.25) is 0 Å². The van der Waals surface area contributed by atoms with Crippen molar-refractivity contribution in [2.75, 3.05) is 11.1 Å². The highest BCUT2D eigenvalue weighted by molar-refractivity contribution is 5.65. The zero-order chi connectivity index (χ0) is 13.8. The number of nitrogens with zero attached hydrogens (tertiary/aromatic N) is 3. The minimum absolute atomic E-state index is 0.211. The molecule has 96 valence electrons. The zero-order valence-electron chi connectivity index (χ0n) is 10.9. The van der Waals surface area contributed by atoms with Gasteiger partial charge in [0.1, 0.15) is 18.0 Å². The molecular formula is C14H15N5. The molecule has 1 heterocycles. The average Bonchev–Trinajstić information content (AvgIpc) is 2.38. The van der Waals surface area contributed by atoms with Gasteiger partial charge in [-0.1, -0.05) is 19.9 Å². The van der Waals surface area contributed by atoms with Crippen molar-refractivity contribution in [1.82, 2.24) is 9.97 Å². The van der Waals surface area contributed by atoms with Gasteiger partial charge >= 0.3 is 0 Å². The molecule has 0 aliphatic heterocycles. The Balaban J connectivity index is 2.38. The number of nitriles is 1. The summed E-state index contributed by atoms with van der Waals surface area (Å²) in [6.45, 7) is 4.07. The summed E-state index contributed by atoms with van der Waals surface area (Å²) in [7, 11) is 0. The molecule has 0 bridgehead atoms. The number of hydrogen-bond acceptors (Lipinski definition) is 5. The van der Waals surface area contributed by atoms with Crippen molar-refractivity contribution in [2.24, 2.45) is 0 Å². The lowest BCUT2D eigenvalue weighted by Crippen LogP contribution is -2.06. The second-order valence-corrected chi connectivity index (χ2v) is 4.49. The van der Waals surface area contributed by atoms with Gasteiger partial charge in [-0.15, -0.1) is 0 Å². The molecule has 0 amide bonds. The SMILES string of the molecule is CC(C)c1c(N)ncnc1Nc1cccc(C#N)c1. The summed E-state index contributed by atoms with van der Waals surface area (Å²) in [6, 6.07) is 9.32. The van der Waals surface area contributed by atoms with Gasteiger partial charge in [0.25, 0.3) is 0 Å². The molecule has 0 spiro atoms. The lowest BCUT2D eigenvalue weighted by Gasteiger charge is -2.14. The second kappa shape index (κ2) is 5.36. The highest BCUT2D eigenvalue weighted by atomic mass is 15.0. The van der Waals surface area contributed by atoms with Crippen LogP contribution in [0.15, 0.2) is 30.6 Å². The van der Waals surface area contributed by atoms with Gasteiger partial charge in [-0.2, -0.15) is 5.26 Å². The van der Waals surface area contributed by atoms with E-state index in [-0.39, 0.29) is 5.92 Å². The first-order valence-corrected chi connectivity index (χ1v) is 5.99. The largest absolute Gasteiger partial charge is 0.383 e. The number of rotatable bonds is 3. The van der Waals surface area contributed by atoms with E-state index in [9.17, 15) is 0 Å². The number of nitrogens with one attached hydrogen (secondary N) is 1. The first-order valence-electron chi connectivity index (χ1n) is 5.99. The molecule has 0 unspecified atom stereocenters. The summed E-state index contributed by atoms with van der Waals surface area (Å²) < 4.78 is 0. The van der Waals surface area contributed by atoms with E-state index in [0.717, 1.165) is 11.3 Å². The molecule has 3 N–H and O–H groups in total. The lowest BCUT2D eigenvalue weighted by molar-refractivity contribution is 0.855. The number of anilines is 3. The normalized spacial score (nSPS) is 10.2. The predicted octanol–water partition coefficient (Wildman–Crippen LogP) is 2.80. The van der Waals surface area contributed by atoms with Gasteiger partial charge in [0, 0.05) is 11.3 Å². The fourth-order valence-electron chi connectivity index (χ4n) is 1.88. The molecule has 5 nitrogen and oxygen atoms in total. The van der Waals surface area contributed by atoms with Gasteiger partial charge < -0.3 is 11.1 Å². The summed E-state index contributed by atoms with van der Waals surface area (Å²) in [5.74, 6) is 1.37. The van der Waals surface area contributed by atoms with E-state index in [4.69, 9.17) is 11.0 Å². The average molecular weight is 253 g/mol. The molecule has 0 aliphatic carbocycles. The quantitative estimate of drug-likeness (QED) is 0.878. The Bertz CT molecular complexity index is 628. The maximum absolute atomic E-state index is 8.89. The summed E-state index contributed by atoms with van der Waals surface area (Å²) in [5.41, 5.74) is 8.17. The topological polar surface area (TPSA) is 87.6 Å². The van der Waals surface area contributed by atoms with Crippen molar-refractivity contribution in [1.29, 1.82) is 5.26 Å². The number of nitrogens with two attached hydrogens (primary N) is 1. The first kappa shape index (κ1) is 12.8. The van der Waals surface area contributed by atoms with Gasteiger partial charge in [0.2, 0.25) is 0 Å². The second-order valence-electron chi connectivity index (χ2n) is 4.49. The summed E-state index contributed by atoms with van der Waals surface area (Å²) in [5, 5.41) is 12.1. The molecule has 0 fully saturated rings. The van der Waals surface area contributed by atoms with Crippen LogP contribution in [0.2, 0.25) is 0 Å². The third-order valence-corrected chi connectivity index (χ3v) is 2.75. The van der Waals surface area contributed by atoms with E-state index in [1.165, 1.54) is 6.33 Å². The summed E-state index contributed by atoms with van der Waals surface area (Å²) >= 11 is 0. The molecule has 0 atom stereocenters. The Morgan fingerprint density at radius 2 is 2.11 bits per heavy atom. The van der Waals surface area contributed by atoms with E-state index >= 15 is 0 Å².